The van der Waals surface area contributed by atoms with E-state index >= 15 is 0 Å². The molecule has 1 N–H and O–H groups in total. The Morgan fingerprint density at radius 2 is 0.955 bits per heavy atom. The highest BCUT2D eigenvalue weighted by Crippen LogP contribution is 2.17. The first kappa shape index (κ1) is 41.9. The van der Waals surface area contributed by atoms with Gasteiger partial charge in [0.15, 0.2) is 0 Å². The molecule has 0 saturated heterocycles. The van der Waals surface area contributed by atoms with Crippen LogP contribution in [-0.2, 0) is 14.3 Å². The van der Waals surface area contributed by atoms with Crippen molar-refractivity contribution >= 4 is 11.9 Å². The maximum atomic E-state index is 12.6. The number of esters is 1. The van der Waals surface area contributed by atoms with Crippen molar-refractivity contribution in [3.05, 3.63) is 48.6 Å². The molecule has 0 bridgehead atoms. The molecule has 0 rings (SSSR count). The zero-order valence-electron chi connectivity index (χ0n) is 29.0. The quantitative estimate of drug-likeness (QED) is 0.0454. The van der Waals surface area contributed by atoms with Crippen LogP contribution in [0.2, 0.25) is 0 Å². The third-order valence-electron chi connectivity index (χ3n) is 8.00. The smallest absolute Gasteiger partial charge is 0.306 e. The third-order valence-corrected chi connectivity index (χ3v) is 8.00. The van der Waals surface area contributed by atoms with Gasteiger partial charge in [-0.25, -0.2) is 0 Å². The standard InChI is InChI=1S/C40H70O4/c1-3-5-7-9-11-13-15-17-19-21-23-26-30-34-38(35-31-27-25-28-32-36-39(41)42)44-40(43)37-33-29-24-22-20-18-16-14-12-10-8-6-4-2/h8,10,14-17,21,23,38H,3-7,9,11-13,18-20,22,24-37H2,1-2H3,(H,41,42)/b10-8-,16-14-,17-15-,23-21-. The fraction of sp³-hybridized carbons (Fsp3) is 0.750. The molecule has 44 heavy (non-hydrogen) atoms. The Kier molecular flexibility index (Phi) is 33.7. The average Bonchev–Trinajstić information content (AvgIpc) is 3.00. The van der Waals surface area contributed by atoms with Gasteiger partial charge in [0.2, 0.25) is 0 Å². The van der Waals surface area contributed by atoms with Crippen molar-refractivity contribution in [2.45, 2.75) is 193 Å². The summed E-state index contributed by atoms with van der Waals surface area (Å²) in [6.07, 6.45) is 46.9. The lowest BCUT2D eigenvalue weighted by Gasteiger charge is -2.18. The number of aliphatic carboxylic acids is 1. The highest BCUT2D eigenvalue weighted by atomic mass is 16.5. The van der Waals surface area contributed by atoms with Crippen molar-refractivity contribution in [2.75, 3.05) is 0 Å². The number of carbonyl (C=O) groups is 2. The lowest BCUT2D eigenvalue weighted by Crippen LogP contribution is -2.18. The number of unbranched alkanes of at least 4 members (excludes halogenated alkanes) is 16. The number of hydrogen-bond acceptors (Lipinski definition) is 3. The Bertz CT molecular complexity index is 748. The number of carboxylic acid groups (broad SMARTS) is 1. The summed E-state index contributed by atoms with van der Waals surface area (Å²) in [4.78, 5) is 23.3. The molecule has 0 fully saturated rings. The normalized spacial score (nSPS) is 12.8. The van der Waals surface area contributed by atoms with E-state index in [0.29, 0.717) is 6.42 Å². The fourth-order valence-corrected chi connectivity index (χ4v) is 5.26. The predicted molar refractivity (Wildman–Crippen MR) is 190 cm³/mol. The maximum absolute atomic E-state index is 12.6. The van der Waals surface area contributed by atoms with Crippen LogP contribution in [0.3, 0.4) is 0 Å². The summed E-state index contributed by atoms with van der Waals surface area (Å²) in [7, 11) is 0. The molecule has 0 heterocycles. The summed E-state index contributed by atoms with van der Waals surface area (Å²) in [6, 6.07) is 0. The highest BCUT2D eigenvalue weighted by Gasteiger charge is 2.14. The van der Waals surface area contributed by atoms with Gasteiger partial charge in [0, 0.05) is 12.8 Å². The van der Waals surface area contributed by atoms with Gasteiger partial charge >= 0.3 is 11.9 Å². The van der Waals surface area contributed by atoms with Gasteiger partial charge in [0.05, 0.1) is 0 Å². The van der Waals surface area contributed by atoms with Crippen LogP contribution in [0, 0.1) is 0 Å². The van der Waals surface area contributed by atoms with E-state index in [0.717, 1.165) is 89.9 Å². The average molecular weight is 615 g/mol. The van der Waals surface area contributed by atoms with Crippen molar-refractivity contribution in [1.29, 1.82) is 0 Å². The summed E-state index contributed by atoms with van der Waals surface area (Å²) < 4.78 is 5.96. The Balaban J connectivity index is 4.19. The molecule has 4 nitrogen and oxygen atoms in total. The van der Waals surface area contributed by atoms with Gasteiger partial charge in [-0.2, -0.15) is 0 Å². The summed E-state index contributed by atoms with van der Waals surface area (Å²) in [5.74, 6) is -0.746. The minimum Gasteiger partial charge on any atom is -0.481 e. The van der Waals surface area contributed by atoms with E-state index < -0.39 is 5.97 Å². The van der Waals surface area contributed by atoms with Gasteiger partial charge in [0.25, 0.3) is 0 Å². The van der Waals surface area contributed by atoms with Gasteiger partial charge in [-0.3, -0.25) is 9.59 Å². The molecule has 0 aliphatic rings. The van der Waals surface area contributed by atoms with Gasteiger partial charge in [-0.05, 0) is 89.9 Å². The molecule has 0 saturated carbocycles. The largest absolute Gasteiger partial charge is 0.481 e. The molecule has 1 atom stereocenters. The van der Waals surface area contributed by atoms with Crippen LogP contribution in [0.5, 0.6) is 0 Å². The molecule has 1 unspecified atom stereocenters. The first-order valence-corrected chi connectivity index (χ1v) is 18.6. The second-order valence-electron chi connectivity index (χ2n) is 12.4. The van der Waals surface area contributed by atoms with Crippen LogP contribution in [0.4, 0.5) is 0 Å². The maximum Gasteiger partial charge on any atom is 0.306 e. The van der Waals surface area contributed by atoms with E-state index in [1.165, 1.54) is 70.6 Å². The van der Waals surface area contributed by atoms with Crippen molar-refractivity contribution in [2.24, 2.45) is 0 Å². The Morgan fingerprint density at radius 1 is 0.500 bits per heavy atom. The molecule has 4 heteroatoms. The molecule has 0 radical (unpaired) electrons. The second-order valence-corrected chi connectivity index (χ2v) is 12.4. The van der Waals surface area contributed by atoms with Gasteiger partial charge in [-0.15, -0.1) is 0 Å². The third kappa shape index (κ3) is 34.4. The van der Waals surface area contributed by atoms with E-state index in [1.54, 1.807) is 0 Å². The zero-order valence-corrected chi connectivity index (χ0v) is 29.0. The summed E-state index contributed by atoms with van der Waals surface area (Å²) >= 11 is 0. The molecule has 0 aliphatic heterocycles. The van der Waals surface area contributed by atoms with E-state index in [9.17, 15) is 9.59 Å². The number of carboxylic acids is 1. The number of hydrogen-bond donors (Lipinski definition) is 1. The minimum atomic E-state index is -0.710. The number of ether oxygens (including phenoxy) is 1. The molecular formula is C40H70O4. The van der Waals surface area contributed by atoms with Crippen LogP contribution in [0.1, 0.15) is 187 Å². The highest BCUT2D eigenvalue weighted by molar-refractivity contribution is 5.69. The molecule has 0 aromatic rings. The monoisotopic (exact) mass is 615 g/mol. The van der Waals surface area contributed by atoms with E-state index in [1.807, 2.05) is 0 Å². The first-order valence-electron chi connectivity index (χ1n) is 18.6. The minimum absolute atomic E-state index is 0.00567. The molecule has 254 valence electrons. The summed E-state index contributed by atoms with van der Waals surface area (Å²) in [6.45, 7) is 4.46. The van der Waals surface area contributed by atoms with Crippen molar-refractivity contribution in [3.8, 4) is 0 Å². The van der Waals surface area contributed by atoms with Crippen LogP contribution in [-0.4, -0.2) is 23.1 Å². The molecule has 0 spiro atoms. The molecule has 0 aliphatic carbocycles. The van der Waals surface area contributed by atoms with Gasteiger partial charge < -0.3 is 9.84 Å². The van der Waals surface area contributed by atoms with Crippen LogP contribution in [0.15, 0.2) is 48.6 Å². The SMILES string of the molecule is CCC/C=C\C/C=C\CCCCCCCC(=O)OC(CCC/C=C\C/C=C\CCCCCCC)CCCCCCCC(=O)O. The predicted octanol–water partition coefficient (Wildman–Crippen LogP) is 12.8. The summed E-state index contributed by atoms with van der Waals surface area (Å²) in [5.41, 5.74) is 0. The van der Waals surface area contributed by atoms with Crippen molar-refractivity contribution < 1.29 is 19.4 Å². The summed E-state index contributed by atoms with van der Waals surface area (Å²) in [5, 5.41) is 8.80. The first-order chi connectivity index (χ1) is 21.6. The van der Waals surface area contributed by atoms with Crippen molar-refractivity contribution in [3.63, 3.8) is 0 Å². The van der Waals surface area contributed by atoms with Gasteiger partial charge in [-0.1, -0.05) is 133 Å². The Morgan fingerprint density at radius 3 is 1.52 bits per heavy atom. The number of allylic oxidation sites excluding steroid dienone is 8. The van der Waals surface area contributed by atoms with Gasteiger partial charge in [0.1, 0.15) is 6.10 Å². The second kappa shape index (κ2) is 35.4. The van der Waals surface area contributed by atoms with E-state index in [2.05, 4.69) is 62.5 Å². The van der Waals surface area contributed by atoms with Crippen LogP contribution >= 0.6 is 0 Å². The lowest BCUT2D eigenvalue weighted by molar-refractivity contribution is -0.150. The fourth-order valence-electron chi connectivity index (χ4n) is 5.26. The lowest BCUT2D eigenvalue weighted by atomic mass is 10.0. The zero-order chi connectivity index (χ0) is 32.2. The Labute approximate surface area is 272 Å². The van der Waals surface area contributed by atoms with Crippen LogP contribution in [0.25, 0.3) is 0 Å². The Hall–Kier alpha value is -2.10. The molecular weight excluding hydrogens is 544 g/mol. The number of rotatable bonds is 33. The van der Waals surface area contributed by atoms with Crippen LogP contribution < -0.4 is 0 Å². The molecule has 0 aromatic carbocycles. The topological polar surface area (TPSA) is 63.6 Å². The number of carbonyl (C=O) groups excluding carboxylic acids is 1. The van der Waals surface area contributed by atoms with Crippen molar-refractivity contribution in [1.82, 2.24) is 0 Å². The van der Waals surface area contributed by atoms with E-state index in [4.69, 9.17) is 9.84 Å². The molecule has 0 aromatic heterocycles. The van der Waals surface area contributed by atoms with E-state index in [-0.39, 0.29) is 18.5 Å². The molecule has 0 amide bonds.